The molecule has 0 aliphatic carbocycles. The number of hydrogen-bond acceptors (Lipinski definition) is 2. The minimum Gasteiger partial charge on any atom is -0.255 e. The van der Waals surface area contributed by atoms with E-state index in [1.54, 1.807) is 6.20 Å². The third kappa shape index (κ3) is 3.39. The number of pyridine rings is 1. The lowest BCUT2D eigenvalue weighted by Gasteiger charge is -2.09. The molecule has 1 nitrogen and oxygen atoms in total. The molecule has 0 fully saturated rings. The SMILES string of the molecule is C#Cc1ccc(-c2ccc(SC(C)C)cc2C)nc1. The fraction of sp³-hybridized carbons (Fsp3) is 0.235. The fourth-order valence-electron chi connectivity index (χ4n) is 1.91. The van der Waals surface area contributed by atoms with Crippen LogP contribution in [0, 0.1) is 19.3 Å². The second-order valence-electron chi connectivity index (χ2n) is 4.72. The van der Waals surface area contributed by atoms with Gasteiger partial charge in [0.05, 0.1) is 5.69 Å². The van der Waals surface area contributed by atoms with Crippen molar-refractivity contribution >= 4 is 11.8 Å². The highest BCUT2D eigenvalue weighted by atomic mass is 32.2. The van der Waals surface area contributed by atoms with Gasteiger partial charge >= 0.3 is 0 Å². The number of thioether (sulfide) groups is 1. The van der Waals surface area contributed by atoms with Crippen LogP contribution in [-0.2, 0) is 0 Å². The maximum absolute atomic E-state index is 5.34. The number of terminal acetylenes is 1. The van der Waals surface area contributed by atoms with Crippen molar-refractivity contribution in [3.05, 3.63) is 47.7 Å². The molecule has 2 aromatic rings. The number of benzene rings is 1. The van der Waals surface area contributed by atoms with E-state index in [4.69, 9.17) is 6.42 Å². The minimum absolute atomic E-state index is 0.596. The standard InChI is InChI=1S/C17H17NS/c1-5-14-6-9-17(18-11-14)16-8-7-15(10-13(16)4)19-12(2)3/h1,6-12H,2-4H3. The van der Waals surface area contributed by atoms with Crippen LogP contribution in [0.4, 0.5) is 0 Å². The molecule has 0 bridgehead atoms. The van der Waals surface area contributed by atoms with Crippen LogP contribution >= 0.6 is 11.8 Å². The molecule has 0 amide bonds. The molecular weight excluding hydrogens is 250 g/mol. The van der Waals surface area contributed by atoms with Crippen LogP contribution in [0.25, 0.3) is 11.3 Å². The highest BCUT2D eigenvalue weighted by Gasteiger charge is 2.05. The van der Waals surface area contributed by atoms with Gasteiger partial charge in [0.2, 0.25) is 0 Å². The van der Waals surface area contributed by atoms with Crippen molar-refractivity contribution < 1.29 is 0 Å². The molecule has 1 aromatic carbocycles. The second-order valence-corrected chi connectivity index (χ2v) is 6.37. The molecule has 1 aromatic heterocycles. The van der Waals surface area contributed by atoms with E-state index in [9.17, 15) is 0 Å². The van der Waals surface area contributed by atoms with Crippen LogP contribution in [0.5, 0.6) is 0 Å². The third-order valence-electron chi connectivity index (χ3n) is 2.78. The first-order valence-corrected chi connectivity index (χ1v) is 7.18. The monoisotopic (exact) mass is 267 g/mol. The van der Waals surface area contributed by atoms with Crippen molar-refractivity contribution in [2.75, 3.05) is 0 Å². The van der Waals surface area contributed by atoms with E-state index >= 15 is 0 Å². The summed E-state index contributed by atoms with van der Waals surface area (Å²) in [4.78, 5) is 5.72. The first-order valence-electron chi connectivity index (χ1n) is 6.30. The molecule has 2 heteroatoms. The Hall–Kier alpha value is -1.72. The average molecular weight is 267 g/mol. The molecular formula is C17H17NS. The zero-order valence-electron chi connectivity index (χ0n) is 11.5. The lowest BCUT2D eigenvalue weighted by atomic mass is 10.0. The van der Waals surface area contributed by atoms with Gasteiger partial charge in [0.15, 0.2) is 0 Å². The van der Waals surface area contributed by atoms with Crippen LogP contribution in [0.3, 0.4) is 0 Å². The molecule has 0 radical (unpaired) electrons. The maximum atomic E-state index is 5.34. The van der Waals surface area contributed by atoms with Gasteiger partial charge in [0, 0.05) is 27.5 Å². The Bertz CT molecular complexity index is 606. The van der Waals surface area contributed by atoms with Gasteiger partial charge in [-0.2, -0.15) is 0 Å². The van der Waals surface area contributed by atoms with Crippen LogP contribution < -0.4 is 0 Å². The van der Waals surface area contributed by atoms with Crippen molar-refractivity contribution in [2.45, 2.75) is 30.9 Å². The lowest BCUT2D eigenvalue weighted by molar-refractivity contribution is 1.11. The predicted octanol–water partition coefficient (Wildman–Crippen LogP) is 4.54. The summed E-state index contributed by atoms with van der Waals surface area (Å²) < 4.78 is 0. The van der Waals surface area contributed by atoms with Gasteiger partial charge in [-0.05, 0) is 36.8 Å². The van der Waals surface area contributed by atoms with Crippen LogP contribution in [0.1, 0.15) is 25.0 Å². The normalized spacial score (nSPS) is 10.5. The highest BCUT2D eigenvalue weighted by molar-refractivity contribution is 7.99. The predicted molar refractivity (Wildman–Crippen MR) is 83.3 cm³/mol. The summed E-state index contributed by atoms with van der Waals surface area (Å²) in [5, 5.41) is 0.596. The van der Waals surface area contributed by atoms with Crippen molar-refractivity contribution in [3.63, 3.8) is 0 Å². The summed E-state index contributed by atoms with van der Waals surface area (Å²) in [5.74, 6) is 2.59. The van der Waals surface area contributed by atoms with Gasteiger partial charge in [-0.3, -0.25) is 4.98 Å². The molecule has 19 heavy (non-hydrogen) atoms. The van der Waals surface area contributed by atoms with E-state index in [1.807, 2.05) is 23.9 Å². The van der Waals surface area contributed by atoms with Crippen molar-refractivity contribution in [3.8, 4) is 23.6 Å². The largest absolute Gasteiger partial charge is 0.255 e. The molecule has 1 heterocycles. The van der Waals surface area contributed by atoms with Gasteiger partial charge in [-0.1, -0.05) is 25.8 Å². The second kappa shape index (κ2) is 5.95. The van der Waals surface area contributed by atoms with Crippen LogP contribution in [0.15, 0.2) is 41.4 Å². The molecule has 2 rings (SSSR count). The van der Waals surface area contributed by atoms with E-state index in [2.05, 4.69) is 49.9 Å². The van der Waals surface area contributed by atoms with Crippen molar-refractivity contribution in [2.24, 2.45) is 0 Å². The van der Waals surface area contributed by atoms with Crippen molar-refractivity contribution in [1.82, 2.24) is 4.98 Å². The molecule has 96 valence electrons. The molecule has 0 spiro atoms. The number of aromatic nitrogens is 1. The van der Waals surface area contributed by atoms with Gasteiger partial charge in [0.1, 0.15) is 0 Å². The topological polar surface area (TPSA) is 12.9 Å². The Labute approximate surface area is 119 Å². The Morgan fingerprint density at radius 1 is 1.21 bits per heavy atom. The number of rotatable bonds is 3. The molecule has 0 aliphatic heterocycles. The van der Waals surface area contributed by atoms with Crippen molar-refractivity contribution in [1.29, 1.82) is 0 Å². The highest BCUT2D eigenvalue weighted by Crippen LogP contribution is 2.29. The van der Waals surface area contributed by atoms with E-state index in [0.717, 1.165) is 16.8 Å². The molecule has 0 atom stereocenters. The van der Waals surface area contributed by atoms with Gasteiger partial charge in [0.25, 0.3) is 0 Å². The molecule has 0 N–H and O–H groups in total. The summed E-state index contributed by atoms with van der Waals surface area (Å²) in [6, 6.07) is 10.4. The molecule has 0 aliphatic rings. The van der Waals surface area contributed by atoms with Gasteiger partial charge in [-0.25, -0.2) is 0 Å². The zero-order valence-corrected chi connectivity index (χ0v) is 12.3. The van der Waals surface area contributed by atoms with E-state index in [1.165, 1.54) is 10.5 Å². The Balaban J connectivity index is 2.32. The van der Waals surface area contributed by atoms with E-state index in [-0.39, 0.29) is 0 Å². The van der Waals surface area contributed by atoms with Gasteiger partial charge in [-0.15, -0.1) is 18.2 Å². The van der Waals surface area contributed by atoms with E-state index < -0.39 is 0 Å². The quantitative estimate of drug-likeness (QED) is 0.598. The first-order chi connectivity index (χ1) is 9.10. The Kier molecular flexibility index (Phi) is 4.29. The first kappa shape index (κ1) is 13.7. The smallest absolute Gasteiger partial charge is 0.0705 e. The summed E-state index contributed by atoms with van der Waals surface area (Å²) >= 11 is 1.88. The maximum Gasteiger partial charge on any atom is 0.0705 e. The average Bonchev–Trinajstić information content (AvgIpc) is 2.38. The number of aryl methyl sites for hydroxylation is 1. The van der Waals surface area contributed by atoms with Crippen LogP contribution in [0.2, 0.25) is 0 Å². The van der Waals surface area contributed by atoms with Crippen LogP contribution in [-0.4, -0.2) is 10.2 Å². The molecule has 0 saturated heterocycles. The molecule has 0 saturated carbocycles. The lowest BCUT2D eigenvalue weighted by Crippen LogP contribution is -1.90. The fourth-order valence-corrected chi connectivity index (χ4v) is 2.84. The zero-order chi connectivity index (χ0) is 13.8. The van der Waals surface area contributed by atoms with Gasteiger partial charge < -0.3 is 0 Å². The number of nitrogens with zero attached hydrogens (tertiary/aromatic N) is 1. The van der Waals surface area contributed by atoms with E-state index in [0.29, 0.717) is 5.25 Å². The minimum atomic E-state index is 0.596. The Morgan fingerprint density at radius 2 is 2.00 bits per heavy atom. The molecule has 0 unspecified atom stereocenters. The number of hydrogen-bond donors (Lipinski definition) is 0. The summed E-state index contributed by atoms with van der Waals surface area (Å²) in [5.41, 5.74) is 4.19. The summed E-state index contributed by atoms with van der Waals surface area (Å²) in [6.07, 6.45) is 7.08. The summed E-state index contributed by atoms with van der Waals surface area (Å²) in [6.45, 7) is 6.53. The summed E-state index contributed by atoms with van der Waals surface area (Å²) in [7, 11) is 0. The Morgan fingerprint density at radius 3 is 2.53 bits per heavy atom. The third-order valence-corrected chi connectivity index (χ3v) is 3.77.